The molecule has 1 aliphatic heterocycles. The minimum absolute atomic E-state index is 0.129. The third kappa shape index (κ3) is 3.41. The number of benzene rings is 1. The Kier molecular flexibility index (Phi) is 4.22. The number of anilines is 1. The molecule has 0 aliphatic carbocycles. The number of aromatic nitrogens is 2. The highest BCUT2D eigenvalue weighted by atomic mass is 32.1. The molecule has 4 rings (SSSR count). The van der Waals surface area contributed by atoms with Gasteiger partial charge in [-0.25, -0.2) is 0 Å². The van der Waals surface area contributed by atoms with E-state index in [1.807, 2.05) is 35.7 Å². The van der Waals surface area contributed by atoms with Gasteiger partial charge >= 0.3 is 0 Å². The SMILES string of the molecule is O=C(C=Cc1ccc2c(c1)OCO2)N(Cc1cccs1)c1ccn[nH]1. The van der Waals surface area contributed by atoms with Gasteiger partial charge in [-0.15, -0.1) is 11.3 Å². The van der Waals surface area contributed by atoms with Crippen LogP contribution in [-0.4, -0.2) is 22.9 Å². The average Bonchev–Trinajstić information content (AvgIpc) is 3.39. The zero-order chi connectivity index (χ0) is 17.1. The molecule has 1 aliphatic rings. The number of hydrogen-bond acceptors (Lipinski definition) is 5. The average molecular weight is 353 g/mol. The van der Waals surface area contributed by atoms with Crippen molar-refractivity contribution in [2.75, 3.05) is 11.7 Å². The Morgan fingerprint density at radius 3 is 3.00 bits per heavy atom. The summed E-state index contributed by atoms with van der Waals surface area (Å²) in [6.07, 6.45) is 4.94. The summed E-state index contributed by atoms with van der Waals surface area (Å²) in [5.74, 6) is 1.95. The van der Waals surface area contributed by atoms with E-state index in [4.69, 9.17) is 9.47 Å². The van der Waals surface area contributed by atoms with Crippen molar-refractivity contribution in [2.24, 2.45) is 0 Å². The van der Waals surface area contributed by atoms with Crippen LogP contribution in [0.15, 0.2) is 54.1 Å². The van der Waals surface area contributed by atoms with Crippen molar-refractivity contribution in [3.63, 3.8) is 0 Å². The monoisotopic (exact) mass is 353 g/mol. The van der Waals surface area contributed by atoms with Crippen molar-refractivity contribution in [3.8, 4) is 11.5 Å². The van der Waals surface area contributed by atoms with Gasteiger partial charge in [-0.3, -0.25) is 14.8 Å². The quantitative estimate of drug-likeness (QED) is 0.714. The first-order chi connectivity index (χ1) is 12.3. The van der Waals surface area contributed by atoms with E-state index in [9.17, 15) is 4.79 Å². The smallest absolute Gasteiger partial charge is 0.252 e. The van der Waals surface area contributed by atoms with Crippen LogP contribution in [0.5, 0.6) is 11.5 Å². The van der Waals surface area contributed by atoms with Gasteiger partial charge in [-0.05, 0) is 35.2 Å². The lowest BCUT2D eigenvalue weighted by Gasteiger charge is -2.18. The zero-order valence-electron chi connectivity index (χ0n) is 13.2. The number of carbonyl (C=O) groups excluding carboxylic acids is 1. The number of nitrogens with one attached hydrogen (secondary N) is 1. The fraction of sp³-hybridized carbons (Fsp3) is 0.111. The molecule has 0 radical (unpaired) electrons. The molecule has 25 heavy (non-hydrogen) atoms. The van der Waals surface area contributed by atoms with Crippen molar-refractivity contribution in [1.82, 2.24) is 10.2 Å². The normalized spacial score (nSPS) is 12.6. The number of nitrogens with zero attached hydrogens (tertiary/aromatic N) is 2. The number of ether oxygens (including phenoxy) is 2. The van der Waals surface area contributed by atoms with E-state index in [-0.39, 0.29) is 12.7 Å². The molecule has 0 spiro atoms. The van der Waals surface area contributed by atoms with Crippen molar-refractivity contribution in [1.29, 1.82) is 0 Å². The van der Waals surface area contributed by atoms with E-state index in [1.165, 1.54) is 0 Å². The zero-order valence-corrected chi connectivity index (χ0v) is 14.0. The second-order valence-electron chi connectivity index (χ2n) is 5.39. The van der Waals surface area contributed by atoms with Gasteiger partial charge in [0, 0.05) is 17.0 Å². The lowest BCUT2D eigenvalue weighted by Crippen LogP contribution is -2.28. The first-order valence-corrected chi connectivity index (χ1v) is 8.58. The second kappa shape index (κ2) is 6.82. The molecule has 126 valence electrons. The minimum Gasteiger partial charge on any atom is -0.454 e. The van der Waals surface area contributed by atoms with Crippen molar-refractivity contribution in [3.05, 3.63) is 64.5 Å². The maximum absolute atomic E-state index is 12.7. The number of aromatic amines is 1. The van der Waals surface area contributed by atoms with E-state index in [2.05, 4.69) is 10.2 Å². The molecule has 1 amide bonds. The maximum atomic E-state index is 12.7. The summed E-state index contributed by atoms with van der Waals surface area (Å²) in [6, 6.07) is 11.3. The Bertz CT molecular complexity index is 888. The fourth-order valence-electron chi connectivity index (χ4n) is 2.51. The predicted octanol–water partition coefficient (Wildman–Crippen LogP) is 3.45. The molecule has 0 saturated heterocycles. The van der Waals surface area contributed by atoms with Crippen LogP contribution in [0, 0.1) is 0 Å². The highest BCUT2D eigenvalue weighted by molar-refractivity contribution is 7.09. The van der Waals surface area contributed by atoms with Crippen LogP contribution >= 0.6 is 11.3 Å². The molecule has 0 unspecified atom stereocenters. The van der Waals surface area contributed by atoms with E-state index in [0.717, 1.165) is 16.2 Å². The number of carbonyl (C=O) groups is 1. The molecule has 0 bridgehead atoms. The van der Waals surface area contributed by atoms with Crippen LogP contribution in [-0.2, 0) is 11.3 Å². The van der Waals surface area contributed by atoms with Gasteiger partial charge in [0.1, 0.15) is 5.82 Å². The molecule has 0 saturated carbocycles. The molecule has 3 aromatic rings. The van der Waals surface area contributed by atoms with Gasteiger partial charge in [0.25, 0.3) is 5.91 Å². The summed E-state index contributed by atoms with van der Waals surface area (Å²) in [6.45, 7) is 0.722. The van der Waals surface area contributed by atoms with Crippen LogP contribution < -0.4 is 14.4 Å². The molecule has 7 heteroatoms. The molecular formula is C18H15N3O3S. The summed E-state index contributed by atoms with van der Waals surface area (Å²) in [5.41, 5.74) is 0.873. The highest BCUT2D eigenvalue weighted by Gasteiger charge is 2.16. The van der Waals surface area contributed by atoms with Gasteiger partial charge in [0.2, 0.25) is 6.79 Å². The van der Waals surface area contributed by atoms with Crippen molar-refractivity contribution >= 4 is 29.1 Å². The van der Waals surface area contributed by atoms with Crippen LogP contribution in [0.2, 0.25) is 0 Å². The number of rotatable bonds is 5. The number of fused-ring (bicyclic) bond motifs is 1. The maximum Gasteiger partial charge on any atom is 0.252 e. The highest BCUT2D eigenvalue weighted by Crippen LogP contribution is 2.32. The van der Waals surface area contributed by atoms with Gasteiger partial charge in [0.15, 0.2) is 11.5 Å². The Hall–Kier alpha value is -3.06. The number of thiophene rings is 1. The van der Waals surface area contributed by atoms with Crippen LogP contribution in [0.4, 0.5) is 5.82 Å². The standard InChI is InChI=1S/C18H15N3O3S/c22-18(6-4-13-3-5-15-16(10-13)24-12-23-15)21(17-7-8-19-20-17)11-14-2-1-9-25-14/h1-10H,11-12H2,(H,19,20). The largest absolute Gasteiger partial charge is 0.454 e. The summed E-state index contributed by atoms with van der Waals surface area (Å²) in [5, 5.41) is 8.79. The molecule has 0 atom stereocenters. The lowest BCUT2D eigenvalue weighted by atomic mass is 10.2. The third-order valence-electron chi connectivity index (χ3n) is 3.75. The van der Waals surface area contributed by atoms with Crippen LogP contribution in [0.3, 0.4) is 0 Å². The Balaban J connectivity index is 1.54. The predicted molar refractivity (Wildman–Crippen MR) is 95.7 cm³/mol. The van der Waals surface area contributed by atoms with Crippen molar-refractivity contribution in [2.45, 2.75) is 6.54 Å². The van der Waals surface area contributed by atoms with E-state index in [0.29, 0.717) is 18.1 Å². The molecule has 0 fully saturated rings. The Morgan fingerprint density at radius 2 is 2.20 bits per heavy atom. The lowest BCUT2D eigenvalue weighted by molar-refractivity contribution is -0.114. The summed E-state index contributed by atoms with van der Waals surface area (Å²) in [4.78, 5) is 15.5. The first-order valence-electron chi connectivity index (χ1n) is 7.70. The molecule has 1 N–H and O–H groups in total. The summed E-state index contributed by atoms with van der Waals surface area (Å²) >= 11 is 1.61. The summed E-state index contributed by atoms with van der Waals surface area (Å²) < 4.78 is 10.7. The minimum atomic E-state index is -0.129. The van der Waals surface area contributed by atoms with E-state index in [1.54, 1.807) is 40.7 Å². The number of amides is 1. The van der Waals surface area contributed by atoms with Gasteiger partial charge in [-0.2, -0.15) is 5.10 Å². The molecule has 1 aromatic carbocycles. The van der Waals surface area contributed by atoms with Crippen LogP contribution in [0.1, 0.15) is 10.4 Å². The van der Waals surface area contributed by atoms with Gasteiger partial charge < -0.3 is 9.47 Å². The third-order valence-corrected chi connectivity index (χ3v) is 4.61. The summed E-state index contributed by atoms with van der Waals surface area (Å²) in [7, 11) is 0. The first kappa shape index (κ1) is 15.5. The van der Waals surface area contributed by atoms with Gasteiger partial charge in [-0.1, -0.05) is 12.1 Å². The molecular weight excluding hydrogens is 338 g/mol. The fourth-order valence-corrected chi connectivity index (χ4v) is 3.21. The van der Waals surface area contributed by atoms with E-state index < -0.39 is 0 Å². The number of hydrogen-bond donors (Lipinski definition) is 1. The van der Waals surface area contributed by atoms with Crippen molar-refractivity contribution < 1.29 is 14.3 Å². The van der Waals surface area contributed by atoms with Gasteiger partial charge in [0.05, 0.1) is 12.7 Å². The Labute approximate surface area is 148 Å². The second-order valence-corrected chi connectivity index (χ2v) is 6.42. The molecule has 3 heterocycles. The topological polar surface area (TPSA) is 67.5 Å². The van der Waals surface area contributed by atoms with Crippen LogP contribution in [0.25, 0.3) is 6.08 Å². The molecule has 6 nitrogen and oxygen atoms in total. The van der Waals surface area contributed by atoms with E-state index >= 15 is 0 Å². The molecule has 2 aromatic heterocycles. The Morgan fingerprint density at radius 1 is 1.28 bits per heavy atom. The number of H-pyrrole nitrogens is 1.